The molecule has 0 fully saturated rings. The maximum absolute atomic E-state index is 2.27. The quantitative estimate of drug-likeness (QED) is 0.590. The molecular weight excluding hydrogens is 240 g/mol. The predicted octanol–water partition coefficient (Wildman–Crippen LogP) is 6.03. The molecule has 0 aliphatic carbocycles. The van der Waals surface area contributed by atoms with Gasteiger partial charge >= 0.3 is 0 Å². The van der Waals surface area contributed by atoms with Gasteiger partial charge in [-0.1, -0.05) is 73.7 Å². The fourth-order valence-electron chi connectivity index (χ4n) is 2.30. The molecule has 20 heavy (non-hydrogen) atoms. The van der Waals surface area contributed by atoms with Gasteiger partial charge < -0.3 is 0 Å². The third kappa shape index (κ3) is 3.48. The molecule has 0 unspecified atom stereocenters. The van der Waals surface area contributed by atoms with Gasteiger partial charge in [-0.25, -0.2) is 0 Å². The van der Waals surface area contributed by atoms with Crippen LogP contribution in [0.25, 0.3) is 16.7 Å². The molecule has 0 nitrogen and oxygen atoms in total. The topological polar surface area (TPSA) is 0 Å². The highest BCUT2D eigenvalue weighted by molar-refractivity contribution is 5.73. The zero-order chi connectivity index (χ0) is 14.4. The van der Waals surface area contributed by atoms with Crippen LogP contribution < -0.4 is 0 Å². The average molecular weight is 262 g/mol. The third-order valence-corrected chi connectivity index (χ3v) is 3.48. The second-order valence-corrected chi connectivity index (χ2v) is 5.08. The number of rotatable bonds is 4. The Bertz CT molecular complexity index is 616. The maximum Gasteiger partial charge on any atom is -0.0154 e. The van der Waals surface area contributed by atoms with E-state index in [9.17, 15) is 0 Å². The fourth-order valence-corrected chi connectivity index (χ4v) is 2.30. The third-order valence-electron chi connectivity index (χ3n) is 3.48. The van der Waals surface area contributed by atoms with Gasteiger partial charge in [-0.15, -0.1) is 0 Å². The predicted molar refractivity (Wildman–Crippen MR) is 89.7 cm³/mol. The minimum absolute atomic E-state index is 1.08. The van der Waals surface area contributed by atoms with Crippen molar-refractivity contribution in [3.8, 4) is 11.1 Å². The normalized spacial score (nSPS) is 12.1. The van der Waals surface area contributed by atoms with Crippen LogP contribution in [-0.2, 0) is 0 Å². The zero-order valence-corrected chi connectivity index (χ0v) is 12.6. The van der Waals surface area contributed by atoms with Crippen molar-refractivity contribution < 1.29 is 0 Å². The highest BCUT2D eigenvalue weighted by Gasteiger charge is 2.03. The Kier molecular flexibility index (Phi) is 4.95. The molecule has 0 aliphatic heterocycles. The van der Waals surface area contributed by atoms with Crippen molar-refractivity contribution in [3.05, 3.63) is 77.9 Å². The molecule has 102 valence electrons. The molecule has 0 aromatic heterocycles. The van der Waals surface area contributed by atoms with Crippen LogP contribution >= 0.6 is 0 Å². The summed E-state index contributed by atoms with van der Waals surface area (Å²) in [7, 11) is 0. The Morgan fingerprint density at radius 1 is 1.05 bits per heavy atom. The summed E-state index contributed by atoms with van der Waals surface area (Å²) in [6.07, 6.45) is 7.57. The first kappa shape index (κ1) is 14.3. The van der Waals surface area contributed by atoms with Gasteiger partial charge in [-0.2, -0.15) is 0 Å². The lowest BCUT2D eigenvalue weighted by Crippen LogP contribution is -1.86. The summed E-state index contributed by atoms with van der Waals surface area (Å²) in [4.78, 5) is 0. The molecule has 0 amide bonds. The van der Waals surface area contributed by atoms with E-state index in [1.807, 2.05) is 0 Å². The van der Waals surface area contributed by atoms with Gasteiger partial charge in [0.05, 0.1) is 0 Å². The monoisotopic (exact) mass is 262 g/mol. The summed E-state index contributed by atoms with van der Waals surface area (Å²) in [6, 6.07) is 17.3. The molecule has 0 N–H and O–H groups in total. The highest BCUT2D eigenvalue weighted by atomic mass is 14.1. The zero-order valence-electron chi connectivity index (χ0n) is 12.6. The summed E-state index contributed by atoms with van der Waals surface area (Å²) >= 11 is 0. The molecule has 0 spiro atoms. The Labute approximate surface area is 122 Å². The Hall–Kier alpha value is -2.08. The molecule has 2 rings (SSSR count). The van der Waals surface area contributed by atoms with Gasteiger partial charge in [0.15, 0.2) is 0 Å². The molecule has 2 aromatic rings. The SMILES string of the molecule is CCC=CC=C(C)c1ccc(-c2ccccc2)c(C)c1. The molecule has 0 heteroatoms. The standard InChI is InChI=1S/C20H22/c1-4-5-7-10-16(2)19-13-14-20(17(3)15-19)18-11-8-6-9-12-18/h5-15H,4H2,1-3H3. The van der Waals surface area contributed by atoms with Crippen LogP contribution in [0.15, 0.2) is 66.8 Å². The Balaban J connectivity index is 2.31. The fraction of sp³-hybridized carbons (Fsp3) is 0.200. The van der Waals surface area contributed by atoms with Crippen LogP contribution in [0, 0.1) is 6.92 Å². The molecule has 0 bridgehead atoms. The highest BCUT2D eigenvalue weighted by Crippen LogP contribution is 2.26. The Morgan fingerprint density at radius 2 is 1.80 bits per heavy atom. The maximum atomic E-state index is 2.27. The minimum Gasteiger partial charge on any atom is -0.0848 e. The van der Waals surface area contributed by atoms with Gasteiger partial charge in [0, 0.05) is 0 Å². The number of hydrogen-bond donors (Lipinski definition) is 0. The summed E-state index contributed by atoms with van der Waals surface area (Å²) in [6.45, 7) is 6.50. The average Bonchev–Trinajstić information content (AvgIpc) is 2.48. The van der Waals surface area contributed by atoms with Gasteiger partial charge in [-0.05, 0) is 48.1 Å². The van der Waals surface area contributed by atoms with Crippen LogP contribution in [0.3, 0.4) is 0 Å². The van der Waals surface area contributed by atoms with E-state index in [0.717, 1.165) is 6.42 Å². The van der Waals surface area contributed by atoms with Crippen LogP contribution in [-0.4, -0.2) is 0 Å². The van der Waals surface area contributed by atoms with Crippen molar-refractivity contribution >= 4 is 5.57 Å². The molecule has 0 heterocycles. The minimum atomic E-state index is 1.08. The van der Waals surface area contributed by atoms with Crippen molar-refractivity contribution in [1.29, 1.82) is 0 Å². The number of hydrogen-bond acceptors (Lipinski definition) is 0. The van der Waals surface area contributed by atoms with E-state index >= 15 is 0 Å². The van der Waals surface area contributed by atoms with Crippen LogP contribution in [0.5, 0.6) is 0 Å². The van der Waals surface area contributed by atoms with Crippen LogP contribution in [0.2, 0.25) is 0 Å². The van der Waals surface area contributed by atoms with E-state index < -0.39 is 0 Å². The van der Waals surface area contributed by atoms with Crippen molar-refractivity contribution in [2.24, 2.45) is 0 Å². The summed E-state index contributed by atoms with van der Waals surface area (Å²) < 4.78 is 0. The van der Waals surface area contributed by atoms with Gasteiger partial charge in [0.1, 0.15) is 0 Å². The molecule has 2 aromatic carbocycles. The number of aryl methyl sites for hydroxylation is 1. The first-order valence-corrected chi connectivity index (χ1v) is 7.22. The molecule has 0 atom stereocenters. The number of allylic oxidation sites excluding steroid dienone is 4. The van der Waals surface area contributed by atoms with E-state index in [1.54, 1.807) is 0 Å². The molecule has 0 radical (unpaired) electrons. The van der Waals surface area contributed by atoms with Gasteiger partial charge in [0.25, 0.3) is 0 Å². The molecule has 0 saturated heterocycles. The molecule has 0 saturated carbocycles. The van der Waals surface area contributed by atoms with E-state index in [2.05, 4.69) is 87.5 Å². The van der Waals surface area contributed by atoms with Gasteiger partial charge in [-0.3, -0.25) is 0 Å². The second kappa shape index (κ2) is 6.91. The lowest BCUT2D eigenvalue weighted by atomic mass is 9.96. The van der Waals surface area contributed by atoms with Crippen LogP contribution in [0.4, 0.5) is 0 Å². The summed E-state index contributed by atoms with van der Waals surface area (Å²) in [5, 5.41) is 0. The van der Waals surface area contributed by atoms with E-state index in [4.69, 9.17) is 0 Å². The largest absolute Gasteiger partial charge is 0.0848 e. The summed E-state index contributed by atoms with van der Waals surface area (Å²) in [5.74, 6) is 0. The second-order valence-electron chi connectivity index (χ2n) is 5.08. The lowest BCUT2D eigenvalue weighted by Gasteiger charge is -2.09. The first-order chi connectivity index (χ1) is 9.72. The Morgan fingerprint density at radius 3 is 2.45 bits per heavy atom. The van der Waals surface area contributed by atoms with Crippen molar-refractivity contribution in [3.63, 3.8) is 0 Å². The van der Waals surface area contributed by atoms with E-state index in [1.165, 1.54) is 27.8 Å². The van der Waals surface area contributed by atoms with Crippen LogP contribution in [0.1, 0.15) is 31.4 Å². The van der Waals surface area contributed by atoms with E-state index in [-0.39, 0.29) is 0 Å². The molecule has 0 aliphatic rings. The first-order valence-electron chi connectivity index (χ1n) is 7.22. The molecular formula is C20H22. The summed E-state index contributed by atoms with van der Waals surface area (Å²) in [5.41, 5.74) is 6.51. The van der Waals surface area contributed by atoms with Crippen molar-refractivity contribution in [2.75, 3.05) is 0 Å². The van der Waals surface area contributed by atoms with E-state index in [0.29, 0.717) is 0 Å². The number of benzene rings is 2. The van der Waals surface area contributed by atoms with Crippen molar-refractivity contribution in [1.82, 2.24) is 0 Å². The van der Waals surface area contributed by atoms with Gasteiger partial charge in [0.2, 0.25) is 0 Å². The van der Waals surface area contributed by atoms with Crippen molar-refractivity contribution in [2.45, 2.75) is 27.2 Å². The lowest BCUT2D eigenvalue weighted by molar-refractivity contribution is 1.22. The smallest absolute Gasteiger partial charge is 0.0154 e.